The highest BCUT2D eigenvalue weighted by atomic mass is 35.5. The summed E-state index contributed by atoms with van der Waals surface area (Å²) in [6.45, 7) is 3.35. The molecule has 0 atom stereocenters. The van der Waals surface area contributed by atoms with Crippen molar-refractivity contribution in [2.75, 3.05) is 31.2 Å². The maximum atomic E-state index is 13.2. The van der Waals surface area contributed by atoms with Crippen molar-refractivity contribution < 1.29 is 9.53 Å². The average molecular weight is 401 g/mol. The molecule has 1 aliphatic carbocycles. The number of halogens is 1. The van der Waals surface area contributed by atoms with E-state index in [1.54, 1.807) is 6.20 Å². The molecule has 1 aromatic heterocycles. The Hall–Kier alpha value is -2.18. The van der Waals surface area contributed by atoms with E-state index in [9.17, 15) is 4.79 Å². The van der Waals surface area contributed by atoms with Gasteiger partial charge in [0.25, 0.3) is 0 Å². The average Bonchev–Trinajstić information content (AvgIpc) is 3.25. The van der Waals surface area contributed by atoms with E-state index in [0.29, 0.717) is 30.7 Å². The third kappa shape index (κ3) is 3.98. The first-order valence-electron chi connectivity index (χ1n) is 9.86. The van der Waals surface area contributed by atoms with E-state index in [2.05, 4.69) is 20.2 Å². The van der Waals surface area contributed by atoms with Crippen molar-refractivity contribution in [1.29, 1.82) is 0 Å². The summed E-state index contributed by atoms with van der Waals surface area (Å²) in [5.41, 5.74) is 1.39. The second kappa shape index (κ2) is 8.45. The summed E-state index contributed by atoms with van der Waals surface area (Å²) in [6, 6.07) is 9.54. The van der Waals surface area contributed by atoms with Crippen LogP contribution in [0.1, 0.15) is 36.9 Å². The number of carbonyl (C=O) groups excluding carboxylic acids is 1. The Morgan fingerprint density at radius 2 is 1.86 bits per heavy atom. The lowest BCUT2D eigenvalue weighted by Gasteiger charge is -2.29. The van der Waals surface area contributed by atoms with Crippen molar-refractivity contribution in [3.8, 4) is 0 Å². The molecule has 0 radical (unpaired) electrons. The Bertz CT molecular complexity index is 815. The largest absolute Gasteiger partial charge is 0.378 e. The lowest BCUT2D eigenvalue weighted by atomic mass is 9.78. The van der Waals surface area contributed by atoms with Crippen LogP contribution in [0, 0.1) is 0 Å². The number of carbonyl (C=O) groups is 1. The van der Waals surface area contributed by atoms with Crippen molar-refractivity contribution in [2.45, 2.75) is 37.6 Å². The number of rotatable bonds is 5. The van der Waals surface area contributed by atoms with E-state index in [1.165, 1.54) is 0 Å². The maximum absolute atomic E-state index is 13.2. The fourth-order valence-corrected chi connectivity index (χ4v) is 4.26. The zero-order valence-electron chi connectivity index (χ0n) is 15.9. The summed E-state index contributed by atoms with van der Waals surface area (Å²) < 4.78 is 5.39. The van der Waals surface area contributed by atoms with Gasteiger partial charge < -0.3 is 15.0 Å². The standard InChI is InChI=1S/C21H25ClN4O2/c22-17-5-3-16(4-6-17)21(8-1-2-9-21)19(27)24-15-18-7-10-23-20(25-18)26-11-13-28-14-12-26/h3-7,10H,1-2,8-9,11-15H2,(H,24,27). The van der Waals surface area contributed by atoms with Crippen LogP contribution in [0.3, 0.4) is 0 Å². The van der Waals surface area contributed by atoms with Gasteiger partial charge in [-0.15, -0.1) is 0 Å². The Balaban J connectivity index is 1.46. The van der Waals surface area contributed by atoms with E-state index < -0.39 is 5.41 Å². The molecule has 7 heteroatoms. The van der Waals surface area contributed by atoms with Crippen molar-refractivity contribution >= 4 is 23.5 Å². The fraction of sp³-hybridized carbons (Fsp3) is 0.476. The van der Waals surface area contributed by atoms with Gasteiger partial charge in [0.2, 0.25) is 11.9 Å². The van der Waals surface area contributed by atoms with Gasteiger partial charge in [-0.2, -0.15) is 0 Å². The predicted molar refractivity (Wildman–Crippen MR) is 109 cm³/mol. The summed E-state index contributed by atoms with van der Waals surface area (Å²) >= 11 is 6.04. The summed E-state index contributed by atoms with van der Waals surface area (Å²) in [4.78, 5) is 24.3. The molecule has 0 bridgehead atoms. The van der Waals surface area contributed by atoms with Crippen LogP contribution in [0.15, 0.2) is 36.5 Å². The van der Waals surface area contributed by atoms with Crippen molar-refractivity contribution in [3.05, 3.63) is 52.8 Å². The molecule has 4 rings (SSSR count). The quantitative estimate of drug-likeness (QED) is 0.835. The first-order chi connectivity index (χ1) is 13.7. The molecule has 1 saturated carbocycles. The molecule has 1 N–H and O–H groups in total. The molecule has 2 heterocycles. The number of hydrogen-bond acceptors (Lipinski definition) is 5. The van der Waals surface area contributed by atoms with Crippen LogP contribution in [0.25, 0.3) is 0 Å². The minimum Gasteiger partial charge on any atom is -0.378 e. The molecular weight excluding hydrogens is 376 g/mol. The number of ether oxygens (including phenoxy) is 1. The van der Waals surface area contributed by atoms with E-state index in [-0.39, 0.29) is 5.91 Å². The molecule has 2 aromatic rings. The molecular formula is C21H25ClN4O2. The van der Waals surface area contributed by atoms with Gasteiger partial charge in [-0.1, -0.05) is 36.6 Å². The van der Waals surface area contributed by atoms with Crippen LogP contribution < -0.4 is 10.2 Å². The summed E-state index contributed by atoms with van der Waals surface area (Å²) in [5.74, 6) is 0.766. The van der Waals surface area contributed by atoms with Crippen molar-refractivity contribution in [1.82, 2.24) is 15.3 Å². The Morgan fingerprint density at radius 1 is 1.14 bits per heavy atom. The molecule has 28 heavy (non-hydrogen) atoms. The lowest BCUT2D eigenvalue weighted by Crippen LogP contribution is -2.42. The third-order valence-electron chi connectivity index (χ3n) is 5.71. The van der Waals surface area contributed by atoms with Crippen LogP contribution >= 0.6 is 11.6 Å². The van der Waals surface area contributed by atoms with E-state index in [0.717, 1.165) is 50.0 Å². The van der Waals surface area contributed by atoms with Gasteiger partial charge in [0.05, 0.1) is 30.9 Å². The number of morpholine rings is 1. The van der Waals surface area contributed by atoms with E-state index in [4.69, 9.17) is 16.3 Å². The zero-order valence-corrected chi connectivity index (χ0v) is 16.6. The van der Waals surface area contributed by atoms with Crippen LogP contribution in [-0.4, -0.2) is 42.2 Å². The summed E-state index contributed by atoms with van der Waals surface area (Å²) in [5, 5.41) is 3.81. The Kier molecular flexibility index (Phi) is 5.78. The Labute approximate surface area is 170 Å². The Morgan fingerprint density at radius 3 is 2.57 bits per heavy atom. The van der Waals surface area contributed by atoms with Crippen LogP contribution in [-0.2, 0) is 21.5 Å². The molecule has 6 nitrogen and oxygen atoms in total. The molecule has 1 amide bonds. The zero-order chi connectivity index (χ0) is 19.4. The van der Waals surface area contributed by atoms with Gasteiger partial charge in [-0.05, 0) is 36.6 Å². The molecule has 1 aliphatic heterocycles. The number of benzene rings is 1. The molecule has 0 spiro atoms. The van der Waals surface area contributed by atoms with Crippen molar-refractivity contribution in [3.63, 3.8) is 0 Å². The van der Waals surface area contributed by atoms with Crippen LogP contribution in [0.5, 0.6) is 0 Å². The van der Waals surface area contributed by atoms with Gasteiger partial charge in [-0.25, -0.2) is 9.97 Å². The fourth-order valence-electron chi connectivity index (χ4n) is 4.13. The monoisotopic (exact) mass is 400 g/mol. The smallest absolute Gasteiger partial charge is 0.230 e. The molecule has 0 unspecified atom stereocenters. The number of aromatic nitrogens is 2. The van der Waals surface area contributed by atoms with Crippen molar-refractivity contribution in [2.24, 2.45) is 0 Å². The summed E-state index contributed by atoms with van der Waals surface area (Å²) in [7, 11) is 0. The van der Waals surface area contributed by atoms with Gasteiger partial charge in [0, 0.05) is 24.3 Å². The molecule has 2 fully saturated rings. The van der Waals surface area contributed by atoms with Gasteiger partial charge >= 0.3 is 0 Å². The number of nitrogens with zero attached hydrogens (tertiary/aromatic N) is 3. The highest BCUT2D eigenvalue weighted by Crippen LogP contribution is 2.41. The van der Waals surface area contributed by atoms with Gasteiger partial charge in [0.1, 0.15) is 0 Å². The third-order valence-corrected chi connectivity index (χ3v) is 5.97. The van der Waals surface area contributed by atoms with E-state index >= 15 is 0 Å². The highest BCUT2D eigenvalue weighted by Gasteiger charge is 2.42. The molecule has 1 aromatic carbocycles. The predicted octanol–water partition coefficient (Wildman–Crippen LogP) is 3.09. The first-order valence-corrected chi connectivity index (χ1v) is 10.2. The minimum atomic E-state index is -0.468. The van der Waals surface area contributed by atoms with E-state index in [1.807, 2.05) is 30.3 Å². The normalized spacial score (nSPS) is 18.8. The summed E-state index contributed by atoms with van der Waals surface area (Å²) in [6.07, 6.45) is 5.60. The van der Waals surface area contributed by atoms with Gasteiger partial charge in [0.15, 0.2) is 0 Å². The lowest BCUT2D eigenvalue weighted by molar-refractivity contribution is -0.126. The highest BCUT2D eigenvalue weighted by molar-refractivity contribution is 6.30. The molecule has 2 aliphatic rings. The number of anilines is 1. The second-order valence-electron chi connectivity index (χ2n) is 7.43. The van der Waals surface area contributed by atoms with Crippen LogP contribution in [0.4, 0.5) is 5.95 Å². The number of nitrogens with one attached hydrogen (secondary N) is 1. The molecule has 1 saturated heterocycles. The topological polar surface area (TPSA) is 67.4 Å². The molecule has 148 valence electrons. The number of amides is 1. The minimum absolute atomic E-state index is 0.0684. The second-order valence-corrected chi connectivity index (χ2v) is 7.86. The first kappa shape index (κ1) is 19.2. The van der Waals surface area contributed by atoms with Gasteiger partial charge in [-0.3, -0.25) is 4.79 Å². The number of hydrogen-bond donors (Lipinski definition) is 1. The maximum Gasteiger partial charge on any atom is 0.230 e. The SMILES string of the molecule is O=C(NCc1ccnc(N2CCOCC2)n1)C1(c2ccc(Cl)cc2)CCCC1. The van der Waals surface area contributed by atoms with Crippen LogP contribution in [0.2, 0.25) is 5.02 Å².